The van der Waals surface area contributed by atoms with Crippen LogP contribution in [0.3, 0.4) is 0 Å². The van der Waals surface area contributed by atoms with Gasteiger partial charge in [0.2, 0.25) is 5.91 Å². The lowest BCUT2D eigenvalue weighted by Crippen LogP contribution is -2.13. The number of methoxy groups -OCH3 is 1. The number of anilines is 1. The van der Waals surface area contributed by atoms with Crippen LogP contribution in [0.4, 0.5) is 5.82 Å². The monoisotopic (exact) mass is 324 g/mol. The van der Waals surface area contributed by atoms with Crippen molar-refractivity contribution in [3.63, 3.8) is 0 Å². The molecule has 1 aromatic carbocycles. The molecule has 0 atom stereocenters. The van der Waals surface area contributed by atoms with Gasteiger partial charge in [0.15, 0.2) is 5.82 Å². The SMILES string of the molecule is COCCCC(=O)Nc1ccn(Cc2cccc3cccnc23)n1. The van der Waals surface area contributed by atoms with E-state index in [4.69, 9.17) is 4.74 Å². The van der Waals surface area contributed by atoms with Crippen molar-refractivity contribution in [2.75, 3.05) is 19.0 Å². The molecule has 0 bridgehead atoms. The van der Waals surface area contributed by atoms with Gasteiger partial charge in [-0.2, -0.15) is 5.10 Å². The van der Waals surface area contributed by atoms with Crippen molar-refractivity contribution in [3.8, 4) is 0 Å². The summed E-state index contributed by atoms with van der Waals surface area (Å²) in [6.45, 7) is 1.18. The number of fused-ring (bicyclic) bond motifs is 1. The fourth-order valence-electron chi connectivity index (χ4n) is 2.57. The minimum Gasteiger partial charge on any atom is -0.385 e. The van der Waals surface area contributed by atoms with Crippen LogP contribution in [0.25, 0.3) is 10.9 Å². The molecule has 1 N–H and O–H groups in total. The minimum absolute atomic E-state index is 0.0517. The number of aromatic nitrogens is 3. The quantitative estimate of drug-likeness (QED) is 0.679. The van der Waals surface area contributed by atoms with Gasteiger partial charge in [-0.15, -0.1) is 0 Å². The van der Waals surface area contributed by atoms with Gasteiger partial charge in [-0.1, -0.05) is 24.3 Å². The predicted octanol–water partition coefficient (Wildman–Crippen LogP) is 2.84. The number of para-hydroxylation sites is 1. The van der Waals surface area contributed by atoms with Crippen molar-refractivity contribution in [2.24, 2.45) is 0 Å². The Kier molecular flexibility index (Phi) is 5.18. The van der Waals surface area contributed by atoms with E-state index in [0.29, 0.717) is 31.8 Å². The summed E-state index contributed by atoms with van der Waals surface area (Å²) >= 11 is 0. The fraction of sp³-hybridized carbons (Fsp3) is 0.278. The molecule has 24 heavy (non-hydrogen) atoms. The molecule has 6 heteroatoms. The third-order valence-corrected chi connectivity index (χ3v) is 3.71. The number of hydrogen-bond acceptors (Lipinski definition) is 4. The van der Waals surface area contributed by atoms with Crippen LogP contribution in [-0.4, -0.2) is 34.4 Å². The number of hydrogen-bond donors (Lipinski definition) is 1. The van der Waals surface area contributed by atoms with E-state index in [2.05, 4.69) is 15.4 Å². The number of carbonyl (C=O) groups is 1. The van der Waals surface area contributed by atoms with Crippen LogP contribution in [0.1, 0.15) is 18.4 Å². The summed E-state index contributed by atoms with van der Waals surface area (Å²) in [5.74, 6) is 0.509. The molecule has 0 aliphatic carbocycles. The van der Waals surface area contributed by atoms with Crippen LogP contribution in [0.15, 0.2) is 48.8 Å². The largest absolute Gasteiger partial charge is 0.385 e. The Labute approximate surface area is 140 Å². The Morgan fingerprint density at radius 3 is 3.00 bits per heavy atom. The van der Waals surface area contributed by atoms with Gasteiger partial charge in [-0.3, -0.25) is 14.5 Å². The van der Waals surface area contributed by atoms with Crippen LogP contribution in [-0.2, 0) is 16.1 Å². The summed E-state index contributed by atoms with van der Waals surface area (Å²) in [6.07, 6.45) is 4.77. The van der Waals surface area contributed by atoms with Gasteiger partial charge in [0.1, 0.15) is 0 Å². The third kappa shape index (κ3) is 3.97. The first-order valence-electron chi connectivity index (χ1n) is 7.91. The maximum atomic E-state index is 11.8. The summed E-state index contributed by atoms with van der Waals surface area (Å²) < 4.78 is 6.74. The number of benzene rings is 1. The number of amides is 1. The van der Waals surface area contributed by atoms with E-state index < -0.39 is 0 Å². The number of carbonyl (C=O) groups excluding carboxylic acids is 1. The summed E-state index contributed by atoms with van der Waals surface area (Å²) in [6, 6.07) is 11.9. The van der Waals surface area contributed by atoms with E-state index in [1.165, 1.54) is 0 Å². The Morgan fingerprint density at radius 1 is 1.25 bits per heavy atom. The first-order valence-corrected chi connectivity index (χ1v) is 7.91. The highest BCUT2D eigenvalue weighted by Gasteiger charge is 2.07. The van der Waals surface area contributed by atoms with Gasteiger partial charge in [0.05, 0.1) is 12.1 Å². The lowest BCUT2D eigenvalue weighted by Gasteiger charge is -2.06. The molecule has 124 valence electrons. The molecule has 0 unspecified atom stereocenters. The molecule has 0 saturated carbocycles. The summed E-state index contributed by atoms with van der Waals surface area (Å²) in [4.78, 5) is 16.3. The highest BCUT2D eigenvalue weighted by molar-refractivity contribution is 5.89. The fourth-order valence-corrected chi connectivity index (χ4v) is 2.57. The molecule has 3 aromatic rings. The van der Waals surface area contributed by atoms with Crippen LogP contribution in [0, 0.1) is 0 Å². The van der Waals surface area contributed by atoms with E-state index in [0.717, 1.165) is 16.5 Å². The molecular formula is C18H20N4O2. The van der Waals surface area contributed by atoms with Gasteiger partial charge >= 0.3 is 0 Å². The number of nitrogens with one attached hydrogen (secondary N) is 1. The standard InChI is InChI=1S/C18H20N4O2/c1-24-12-4-8-17(23)20-16-9-11-22(21-16)13-15-6-2-5-14-7-3-10-19-18(14)15/h2-3,5-7,9-11H,4,8,12-13H2,1H3,(H,20,21,23). The molecule has 0 aliphatic heterocycles. The number of ether oxygens (including phenoxy) is 1. The molecular weight excluding hydrogens is 304 g/mol. The normalized spacial score (nSPS) is 10.9. The van der Waals surface area contributed by atoms with Gasteiger partial charge in [-0.25, -0.2) is 0 Å². The molecule has 0 radical (unpaired) electrons. The predicted molar refractivity (Wildman–Crippen MR) is 92.8 cm³/mol. The zero-order chi connectivity index (χ0) is 16.8. The summed E-state index contributed by atoms with van der Waals surface area (Å²) in [5.41, 5.74) is 2.06. The van der Waals surface area contributed by atoms with Crippen LogP contribution in [0.5, 0.6) is 0 Å². The lowest BCUT2D eigenvalue weighted by atomic mass is 10.1. The van der Waals surface area contributed by atoms with Crippen LogP contribution in [0.2, 0.25) is 0 Å². The zero-order valence-corrected chi connectivity index (χ0v) is 13.6. The Hall–Kier alpha value is -2.73. The van der Waals surface area contributed by atoms with Crippen LogP contribution < -0.4 is 5.32 Å². The Bertz CT molecular complexity index is 823. The molecule has 6 nitrogen and oxygen atoms in total. The molecule has 1 amide bonds. The first kappa shape index (κ1) is 16.1. The second kappa shape index (κ2) is 7.70. The second-order valence-corrected chi connectivity index (χ2v) is 5.54. The van der Waals surface area contributed by atoms with Crippen LogP contribution >= 0.6 is 0 Å². The van der Waals surface area contributed by atoms with E-state index in [1.807, 2.05) is 36.5 Å². The molecule has 0 fully saturated rings. The van der Waals surface area contributed by atoms with Gasteiger partial charge in [0.25, 0.3) is 0 Å². The maximum absolute atomic E-state index is 11.8. The summed E-state index contributed by atoms with van der Waals surface area (Å²) in [7, 11) is 1.63. The smallest absolute Gasteiger partial charge is 0.225 e. The van der Waals surface area contributed by atoms with Crippen molar-refractivity contribution in [2.45, 2.75) is 19.4 Å². The summed E-state index contributed by atoms with van der Waals surface area (Å²) in [5, 5.41) is 8.31. The third-order valence-electron chi connectivity index (χ3n) is 3.71. The van der Waals surface area contributed by atoms with E-state index in [9.17, 15) is 4.79 Å². The van der Waals surface area contributed by atoms with Crippen molar-refractivity contribution < 1.29 is 9.53 Å². The number of pyridine rings is 1. The first-order chi connectivity index (χ1) is 11.8. The highest BCUT2D eigenvalue weighted by atomic mass is 16.5. The Morgan fingerprint density at radius 2 is 2.12 bits per heavy atom. The molecule has 2 aromatic heterocycles. The van der Waals surface area contributed by atoms with Crippen molar-refractivity contribution in [1.82, 2.24) is 14.8 Å². The van der Waals surface area contributed by atoms with Gasteiger partial charge in [-0.05, 0) is 18.1 Å². The zero-order valence-electron chi connectivity index (χ0n) is 13.6. The number of rotatable bonds is 7. The topological polar surface area (TPSA) is 69.0 Å². The number of nitrogens with zero attached hydrogens (tertiary/aromatic N) is 3. The van der Waals surface area contributed by atoms with Crippen molar-refractivity contribution in [1.29, 1.82) is 0 Å². The van der Waals surface area contributed by atoms with Crippen molar-refractivity contribution >= 4 is 22.6 Å². The lowest BCUT2D eigenvalue weighted by molar-refractivity contribution is -0.116. The molecule has 3 rings (SSSR count). The van der Waals surface area contributed by atoms with E-state index in [-0.39, 0.29) is 5.91 Å². The minimum atomic E-state index is -0.0517. The average Bonchev–Trinajstić information content (AvgIpc) is 3.02. The van der Waals surface area contributed by atoms with E-state index in [1.54, 1.807) is 24.1 Å². The van der Waals surface area contributed by atoms with Crippen molar-refractivity contribution in [3.05, 3.63) is 54.4 Å². The second-order valence-electron chi connectivity index (χ2n) is 5.54. The Balaban J connectivity index is 1.66. The highest BCUT2D eigenvalue weighted by Crippen LogP contribution is 2.17. The van der Waals surface area contributed by atoms with Gasteiger partial charge < -0.3 is 10.1 Å². The molecule has 0 saturated heterocycles. The van der Waals surface area contributed by atoms with E-state index >= 15 is 0 Å². The maximum Gasteiger partial charge on any atom is 0.225 e. The molecule has 2 heterocycles. The molecule has 0 spiro atoms. The average molecular weight is 324 g/mol. The van der Waals surface area contributed by atoms with Gasteiger partial charge in [0, 0.05) is 44.0 Å². The molecule has 0 aliphatic rings.